The minimum atomic E-state index is -0.511. The van der Waals surface area contributed by atoms with Crippen molar-refractivity contribution in [1.29, 1.82) is 0 Å². The summed E-state index contributed by atoms with van der Waals surface area (Å²) in [6.45, 7) is 0.453. The van der Waals surface area contributed by atoms with Gasteiger partial charge >= 0.3 is 0 Å². The molecule has 0 spiro atoms. The zero-order valence-corrected chi connectivity index (χ0v) is 10.6. The van der Waals surface area contributed by atoms with E-state index in [1.165, 1.54) is 12.1 Å². The molecule has 0 bridgehead atoms. The number of aromatic nitrogens is 1. The second-order valence-corrected chi connectivity index (χ2v) is 4.31. The van der Waals surface area contributed by atoms with Crippen LogP contribution in [0.1, 0.15) is 5.56 Å². The molecule has 98 valence electrons. The molecular formula is C12H11ClN4O2. The third-order valence-corrected chi connectivity index (χ3v) is 2.64. The minimum Gasteiger partial charge on any atom is -0.383 e. The Morgan fingerprint density at radius 1 is 1.37 bits per heavy atom. The first kappa shape index (κ1) is 13.1. The highest BCUT2D eigenvalue weighted by molar-refractivity contribution is 6.30. The number of hydrogen-bond donors (Lipinski definition) is 2. The van der Waals surface area contributed by atoms with E-state index in [9.17, 15) is 10.1 Å². The van der Waals surface area contributed by atoms with E-state index in [-0.39, 0.29) is 11.5 Å². The van der Waals surface area contributed by atoms with Gasteiger partial charge in [0.2, 0.25) is 0 Å². The molecule has 0 aliphatic heterocycles. The smallest absolute Gasteiger partial charge is 0.276 e. The van der Waals surface area contributed by atoms with E-state index >= 15 is 0 Å². The van der Waals surface area contributed by atoms with Crippen molar-refractivity contribution in [2.45, 2.75) is 6.54 Å². The van der Waals surface area contributed by atoms with Gasteiger partial charge in [-0.25, -0.2) is 4.98 Å². The van der Waals surface area contributed by atoms with Crippen LogP contribution in [0.15, 0.2) is 36.4 Å². The van der Waals surface area contributed by atoms with Crippen molar-refractivity contribution in [3.05, 3.63) is 57.1 Å². The maximum absolute atomic E-state index is 10.7. The number of benzene rings is 1. The third kappa shape index (κ3) is 3.56. The molecule has 0 aliphatic rings. The van der Waals surface area contributed by atoms with Crippen molar-refractivity contribution in [1.82, 2.24) is 4.98 Å². The van der Waals surface area contributed by atoms with Crippen LogP contribution in [0.3, 0.4) is 0 Å². The quantitative estimate of drug-likeness (QED) is 0.662. The van der Waals surface area contributed by atoms with Gasteiger partial charge in [0.25, 0.3) is 5.69 Å². The van der Waals surface area contributed by atoms with Gasteiger partial charge in [0, 0.05) is 11.6 Å². The Morgan fingerprint density at radius 3 is 2.84 bits per heavy atom. The highest BCUT2D eigenvalue weighted by Crippen LogP contribution is 2.19. The molecule has 0 atom stereocenters. The maximum Gasteiger partial charge on any atom is 0.276 e. The van der Waals surface area contributed by atoms with Crippen LogP contribution < -0.4 is 11.1 Å². The lowest BCUT2D eigenvalue weighted by molar-refractivity contribution is -0.384. The van der Waals surface area contributed by atoms with Crippen molar-refractivity contribution >= 4 is 28.9 Å². The average molecular weight is 279 g/mol. The Balaban J connectivity index is 2.13. The molecule has 0 unspecified atom stereocenters. The third-order valence-electron chi connectivity index (χ3n) is 2.40. The number of nitrogen functional groups attached to an aromatic ring is 1. The summed E-state index contributed by atoms with van der Waals surface area (Å²) in [5.74, 6) is 0.453. The number of nitrogens with one attached hydrogen (secondary N) is 1. The molecule has 0 aliphatic carbocycles. The predicted molar refractivity (Wildman–Crippen MR) is 74.1 cm³/mol. The second-order valence-electron chi connectivity index (χ2n) is 3.88. The molecule has 1 heterocycles. The molecule has 1 aromatic heterocycles. The van der Waals surface area contributed by atoms with Crippen molar-refractivity contribution in [2.75, 3.05) is 11.1 Å². The lowest BCUT2D eigenvalue weighted by Crippen LogP contribution is -2.04. The van der Waals surface area contributed by atoms with Crippen molar-refractivity contribution in [3.8, 4) is 0 Å². The highest BCUT2D eigenvalue weighted by Gasteiger charge is 2.09. The molecule has 19 heavy (non-hydrogen) atoms. The molecule has 3 N–H and O–H groups in total. The first-order chi connectivity index (χ1) is 9.04. The summed E-state index contributed by atoms with van der Waals surface area (Å²) >= 11 is 5.87. The maximum atomic E-state index is 10.7. The van der Waals surface area contributed by atoms with E-state index in [1.54, 1.807) is 12.1 Å². The summed E-state index contributed by atoms with van der Waals surface area (Å²) in [5.41, 5.74) is 6.36. The minimum absolute atomic E-state index is 0.0962. The average Bonchev–Trinajstić information content (AvgIpc) is 2.36. The van der Waals surface area contributed by atoms with Gasteiger partial charge in [-0.1, -0.05) is 23.7 Å². The molecule has 2 aromatic rings. The van der Waals surface area contributed by atoms with Crippen LogP contribution in [-0.4, -0.2) is 9.91 Å². The normalized spacial score (nSPS) is 10.2. The molecule has 7 heteroatoms. The van der Waals surface area contributed by atoms with Crippen molar-refractivity contribution in [3.63, 3.8) is 0 Å². The first-order valence-electron chi connectivity index (χ1n) is 5.45. The SMILES string of the molecule is Nc1cc([N+](=O)[O-])cc(NCc2cccc(Cl)c2)n1. The van der Waals surface area contributed by atoms with Gasteiger partial charge in [0.05, 0.1) is 17.1 Å². The summed E-state index contributed by atoms with van der Waals surface area (Å²) in [6.07, 6.45) is 0. The van der Waals surface area contributed by atoms with Crippen LogP contribution >= 0.6 is 11.6 Å². The Hall–Kier alpha value is -2.34. The van der Waals surface area contributed by atoms with Gasteiger partial charge in [0.1, 0.15) is 11.6 Å². The number of nitrogens with zero attached hydrogens (tertiary/aromatic N) is 2. The Kier molecular flexibility index (Phi) is 3.82. The van der Waals surface area contributed by atoms with Crippen LogP contribution in [0.4, 0.5) is 17.3 Å². The first-order valence-corrected chi connectivity index (χ1v) is 5.82. The van der Waals surface area contributed by atoms with E-state index in [0.717, 1.165) is 5.56 Å². The van der Waals surface area contributed by atoms with Gasteiger partial charge in [0.15, 0.2) is 0 Å². The Labute approximate surface area is 114 Å². The van der Waals surface area contributed by atoms with Crippen molar-refractivity contribution in [2.24, 2.45) is 0 Å². The number of halogens is 1. The topological polar surface area (TPSA) is 94.1 Å². The van der Waals surface area contributed by atoms with Crippen LogP contribution in [0, 0.1) is 10.1 Å². The molecule has 0 radical (unpaired) electrons. The standard InChI is InChI=1S/C12H11ClN4O2/c13-9-3-1-2-8(4-9)7-15-12-6-10(17(18)19)5-11(14)16-12/h1-6H,7H2,(H3,14,15,16). The lowest BCUT2D eigenvalue weighted by atomic mass is 10.2. The van der Waals surface area contributed by atoms with Crippen molar-refractivity contribution < 1.29 is 4.92 Å². The molecule has 0 saturated heterocycles. The summed E-state index contributed by atoms with van der Waals surface area (Å²) in [7, 11) is 0. The molecule has 0 fully saturated rings. The van der Waals surface area contributed by atoms with E-state index in [0.29, 0.717) is 17.4 Å². The zero-order chi connectivity index (χ0) is 13.8. The summed E-state index contributed by atoms with van der Waals surface area (Å²) < 4.78 is 0. The lowest BCUT2D eigenvalue weighted by Gasteiger charge is -2.06. The second kappa shape index (κ2) is 5.53. The zero-order valence-electron chi connectivity index (χ0n) is 9.84. The molecule has 6 nitrogen and oxygen atoms in total. The fourth-order valence-electron chi connectivity index (χ4n) is 1.57. The summed E-state index contributed by atoms with van der Waals surface area (Å²) in [5, 5.41) is 14.3. The number of nitro groups is 1. The van der Waals surface area contributed by atoms with Crippen LogP contribution in [0.25, 0.3) is 0 Å². The van der Waals surface area contributed by atoms with E-state index in [2.05, 4.69) is 10.3 Å². The van der Waals surface area contributed by atoms with Gasteiger partial charge in [-0.05, 0) is 17.7 Å². The van der Waals surface area contributed by atoms with Gasteiger partial charge in [-0.15, -0.1) is 0 Å². The Bertz CT molecular complexity index is 618. The largest absolute Gasteiger partial charge is 0.383 e. The van der Waals surface area contributed by atoms with E-state index < -0.39 is 4.92 Å². The fourth-order valence-corrected chi connectivity index (χ4v) is 1.79. The van der Waals surface area contributed by atoms with Gasteiger partial charge < -0.3 is 11.1 Å². The number of anilines is 2. The van der Waals surface area contributed by atoms with E-state index in [4.69, 9.17) is 17.3 Å². The van der Waals surface area contributed by atoms with Crippen LogP contribution in [0.2, 0.25) is 5.02 Å². The molecule has 1 aromatic carbocycles. The molecule has 0 saturated carbocycles. The Morgan fingerprint density at radius 2 is 2.16 bits per heavy atom. The number of nitrogens with two attached hydrogens (primary N) is 1. The monoisotopic (exact) mass is 278 g/mol. The molecular weight excluding hydrogens is 268 g/mol. The van der Waals surface area contributed by atoms with Gasteiger partial charge in [-0.2, -0.15) is 0 Å². The number of rotatable bonds is 4. The van der Waals surface area contributed by atoms with Gasteiger partial charge in [-0.3, -0.25) is 10.1 Å². The summed E-state index contributed by atoms with van der Waals surface area (Å²) in [6, 6.07) is 9.84. The number of pyridine rings is 1. The predicted octanol–water partition coefficient (Wildman–Crippen LogP) is 2.84. The summed E-state index contributed by atoms with van der Waals surface area (Å²) in [4.78, 5) is 14.2. The fraction of sp³-hybridized carbons (Fsp3) is 0.0833. The molecule has 0 amide bonds. The molecule has 2 rings (SSSR count). The van der Waals surface area contributed by atoms with Crippen LogP contribution in [-0.2, 0) is 6.54 Å². The highest BCUT2D eigenvalue weighted by atomic mass is 35.5. The number of hydrogen-bond acceptors (Lipinski definition) is 5. The van der Waals surface area contributed by atoms with E-state index in [1.807, 2.05) is 12.1 Å². The van der Waals surface area contributed by atoms with Crippen LogP contribution in [0.5, 0.6) is 0 Å².